The van der Waals surface area contributed by atoms with Gasteiger partial charge in [0.05, 0.1) is 13.0 Å². The van der Waals surface area contributed by atoms with Crippen molar-refractivity contribution in [1.29, 1.82) is 0 Å². The molecule has 0 radical (unpaired) electrons. The highest BCUT2D eigenvalue weighted by atomic mass is 16.5. The van der Waals surface area contributed by atoms with Crippen molar-refractivity contribution in [3.05, 3.63) is 36.0 Å². The Bertz CT molecular complexity index is 322. The average molecular weight is 250 g/mol. The maximum Gasteiger partial charge on any atom is 0.306 e. The van der Waals surface area contributed by atoms with Crippen LogP contribution in [-0.2, 0) is 9.53 Å². The molecule has 0 fully saturated rings. The van der Waals surface area contributed by atoms with Crippen LogP contribution in [-0.4, -0.2) is 12.6 Å². The summed E-state index contributed by atoms with van der Waals surface area (Å²) in [6, 6.07) is 0. The van der Waals surface area contributed by atoms with Crippen molar-refractivity contribution in [3.63, 3.8) is 0 Å². The van der Waals surface area contributed by atoms with Gasteiger partial charge in [-0.1, -0.05) is 56.7 Å². The van der Waals surface area contributed by atoms with E-state index >= 15 is 0 Å². The fourth-order valence-corrected chi connectivity index (χ4v) is 1.35. The maximum atomic E-state index is 11.2. The lowest BCUT2D eigenvalue weighted by Crippen LogP contribution is -2.07. The number of allylic oxidation sites excluding steroid dienone is 6. The fourth-order valence-electron chi connectivity index (χ4n) is 1.35. The molecule has 0 aliphatic heterocycles. The molecule has 0 bridgehead atoms. The Morgan fingerprint density at radius 2 is 1.89 bits per heavy atom. The first-order valence-corrected chi connectivity index (χ1v) is 6.64. The van der Waals surface area contributed by atoms with Gasteiger partial charge in [-0.3, -0.25) is 4.79 Å². The van der Waals surface area contributed by atoms with Gasteiger partial charge in [0.1, 0.15) is 0 Å². The third-order valence-corrected chi connectivity index (χ3v) is 2.34. The third kappa shape index (κ3) is 9.88. The van der Waals surface area contributed by atoms with Crippen LogP contribution in [0.1, 0.15) is 41.0 Å². The monoisotopic (exact) mass is 250 g/mol. The second-order valence-electron chi connectivity index (χ2n) is 4.89. The molecule has 102 valence electrons. The Morgan fingerprint density at radius 3 is 2.44 bits per heavy atom. The third-order valence-electron chi connectivity index (χ3n) is 2.34. The Morgan fingerprint density at radius 1 is 1.22 bits per heavy atom. The van der Waals surface area contributed by atoms with Gasteiger partial charge in [-0.2, -0.15) is 0 Å². The molecule has 0 aromatic rings. The molecule has 0 aliphatic rings. The van der Waals surface area contributed by atoms with Crippen LogP contribution < -0.4 is 0 Å². The van der Waals surface area contributed by atoms with E-state index in [-0.39, 0.29) is 11.9 Å². The van der Waals surface area contributed by atoms with Crippen LogP contribution in [0.25, 0.3) is 0 Å². The largest absolute Gasteiger partial charge is 0.466 e. The summed E-state index contributed by atoms with van der Waals surface area (Å²) in [6.07, 6.45) is 10.8. The Hall–Kier alpha value is -1.31. The Balaban J connectivity index is 4.14. The summed E-state index contributed by atoms with van der Waals surface area (Å²) < 4.78 is 4.91. The van der Waals surface area contributed by atoms with E-state index in [0.717, 1.165) is 0 Å². The topological polar surface area (TPSA) is 26.3 Å². The van der Waals surface area contributed by atoms with Crippen LogP contribution in [0.2, 0.25) is 0 Å². The molecular formula is C16H26O2. The molecule has 0 amide bonds. The molecule has 0 aromatic heterocycles. The van der Waals surface area contributed by atoms with Crippen LogP contribution >= 0.6 is 0 Å². The van der Waals surface area contributed by atoms with Crippen LogP contribution in [0.15, 0.2) is 36.0 Å². The minimum atomic E-state index is -0.130. The molecule has 0 aromatic carbocycles. The van der Waals surface area contributed by atoms with Crippen molar-refractivity contribution in [2.45, 2.75) is 41.0 Å². The first-order valence-electron chi connectivity index (χ1n) is 6.64. The number of carbonyl (C=O) groups is 1. The zero-order valence-corrected chi connectivity index (χ0v) is 12.3. The summed E-state index contributed by atoms with van der Waals surface area (Å²) in [4.78, 5) is 11.2. The van der Waals surface area contributed by atoms with Gasteiger partial charge in [-0.05, 0) is 25.7 Å². The average Bonchev–Trinajstić information content (AvgIpc) is 2.26. The molecule has 0 spiro atoms. The van der Waals surface area contributed by atoms with Crippen molar-refractivity contribution in [3.8, 4) is 0 Å². The predicted molar refractivity (Wildman–Crippen MR) is 77.3 cm³/mol. The molecule has 0 unspecified atom stereocenters. The highest BCUT2D eigenvalue weighted by Gasteiger charge is 2.05. The second kappa shape index (κ2) is 9.69. The number of carbonyl (C=O) groups excluding carboxylic acids is 1. The van der Waals surface area contributed by atoms with Gasteiger partial charge >= 0.3 is 5.97 Å². The smallest absolute Gasteiger partial charge is 0.306 e. The van der Waals surface area contributed by atoms with Crippen LogP contribution in [0.5, 0.6) is 0 Å². The van der Waals surface area contributed by atoms with E-state index in [1.807, 2.05) is 26.0 Å². The Kier molecular flexibility index (Phi) is 8.99. The molecule has 0 saturated heterocycles. The molecule has 2 nitrogen and oxygen atoms in total. The minimum absolute atomic E-state index is 0.130. The molecule has 0 saturated carbocycles. The van der Waals surface area contributed by atoms with E-state index in [1.165, 1.54) is 5.57 Å². The molecule has 0 N–H and O–H groups in total. The highest BCUT2D eigenvalue weighted by Crippen LogP contribution is 2.07. The summed E-state index contributed by atoms with van der Waals surface area (Å²) >= 11 is 0. The molecule has 18 heavy (non-hydrogen) atoms. The number of ether oxygens (including phenoxy) is 1. The molecular weight excluding hydrogens is 224 g/mol. The Labute approximate surface area is 111 Å². The lowest BCUT2D eigenvalue weighted by atomic mass is 10.1. The SMILES string of the molecule is CCOC(=O)C[C@H](C)/C=C/C=C(C)\C=C\C(C)C. The van der Waals surface area contributed by atoms with Gasteiger partial charge in [0.15, 0.2) is 0 Å². The standard InChI is InChI=1S/C16H26O2/c1-6-18-16(17)12-15(5)9-7-8-14(4)11-10-13(2)3/h7-11,13,15H,6,12H2,1-5H3/b9-7+,11-10+,14-8-/t15-/m1/s1. The molecule has 1 atom stereocenters. The van der Waals surface area contributed by atoms with Gasteiger partial charge < -0.3 is 4.74 Å². The summed E-state index contributed by atoms with van der Waals surface area (Å²) in [5, 5.41) is 0. The quantitative estimate of drug-likeness (QED) is 0.497. The number of rotatable bonds is 7. The lowest BCUT2D eigenvalue weighted by molar-refractivity contribution is -0.143. The van der Waals surface area contributed by atoms with Crippen molar-refractivity contribution in [1.82, 2.24) is 0 Å². The number of esters is 1. The van der Waals surface area contributed by atoms with Crippen molar-refractivity contribution in [2.24, 2.45) is 11.8 Å². The van der Waals surface area contributed by atoms with E-state index < -0.39 is 0 Å². The van der Waals surface area contributed by atoms with E-state index in [1.54, 1.807) is 0 Å². The summed E-state index contributed by atoms with van der Waals surface area (Å²) in [5.41, 5.74) is 1.21. The second-order valence-corrected chi connectivity index (χ2v) is 4.89. The molecule has 0 aliphatic carbocycles. The summed E-state index contributed by atoms with van der Waals surface area (Å²) in [7, 11) is 0. The lowest BCUT2D eigenvalue weighted by Gasteiger charge is -2.04. The van der Waals surface area contributed by atoms with E-state index in [0.29, 0.717) is 18.9 Å². The zero-order valence-electron chi connectivity index (χ0n) is 12.3. The van der Waals surface area contributed by atoms with Crippen LogP contribution in [0.4, 0.5) is 0 Å². The molecule has 2 heteroatoms. The summed E-state index contributed by atoms with van der Waals surface area (Å²) in [5.74, 6) is 0.650. The maximum absolute atomic E-state index is 11.2. The first kappa shape index (κ1) is 16.7. The first-order chi connectivity index (χ1) is 8.45. The van der Waals surface area contributed by atoms with E-state index in [2.05, 4.69) is 39.0 Å². The van der Waals surface area contributed by atoms with Crippen molar-refractivity contribution in [2.75, 3.05) is 6.61 Å². The highest BCUT2D eigenvalue weighted by molar-refractivity contribution is 5.69. The number of hydrogen-bond donors (Lipinski definition) is 0. The van der Waals surface area contributed by atoms with Gasteiger partial charge in [0.25, 0.3) is 0 Å². The van der Waals surface area contributed by atoms with Gasteiger partial charge in [-0.25, -0.2) is 0 Å². The van der Waals surface area contributed by atoms with E-state index in [4.69, 9.17) is 4.74 Å². The minimum Gasteiger partial charge on any atom is -0.466 e. The zero-order chi connectivity index (χ0) is 14.0. The summed E-state index contributed by atoms with van der Waals surface area (Å²) in [6.45, 7) is 10.7. The van der Waals surface area contributed by atoms with E-state index in [9.17, 15) is 4.79 Å². The predicted octanol–water partition coefficient (Wildman–Crippen LogP) is 4.29. The molecule has 0 heterocycles. The van der Waals surface area contributed by atoms with Gasteiger partial charge in [0, 0.05) is 0 Å². The van der Waals surface area contributed by atoms with Gasteiger partial charge in [-0.15, -0.1) is 0 Å². The van der Waals surface area contributed by atoms with Crippen molar-refractivity contribution < 1.29 is 9.53 Å². The van der Waals surface area contributed by atoms with Gasteiger partial charge in [0.2, 0.25) is 0 Å². The van der Waals surface area contributed by atoms with Crippen LogP contribution in [0.3, 0.4) is 0 Å². The van der Waals surface area contributed by atoms with Crippen LogP contribution in [0, 0.1) is 11.8 Å². The fraction of sp³-hybridized carbons (Fsp3) is 0.562. The normalized spacial score (nSPS) is 14.7. The number of hydrogen-bond acceptors (Lipinski definition) is 2. The molecule has 0 rings (SSSR count). The van der Waals surface area contributed by atoms with Crippen molar-refractivity contribution >= 4 is 5.97 Å².